The lowest BCUT2D eigenvalue weighted by Crippen LogP contribution is -2.39. The van der Waals surface area contributed by atoms with E-state index in [0.29, 0.717) is 39.8 Å². The van der Waals surface area contributed by atoms with Crippen LogP contribution in [-0.4, -0.2) is 45.6 Å². The maximum Gasteiger partial charge on any atom is 0.416 e. The van der Waals surface area contributed by atoms with Gasteiger partial charge in [-0.3, -0.25) is 15.0 Å². The van der Waals surface area contributed by atoms with Gasteiger partial charge in [0.25, 0.3) is 0 Å². The summed E-state index contributed by atoms with van der Waals surface area (Å²) in [6, 6.07) is 43.0. The summed E-state index contributed by atoms with van der Waals surface area (Å²) in [7, 11) is 0. The average molecular weight is 1040 g/mol. The topological polar surface area (TPSA) is 176 Å². The van der Waals surface area contributed by atoms with Gasteiger partial charge in [0.2, 0.25) is 0 Å². The van der Waals surface area contributed by atoms with E-state index in [0.717, 1.165) is 74.7 Å². The molecule has 6 amide bonds. The number of nitrogens with two attached hydrogens (primary N) is 1. The van der Waals surface area contributed by atoms with Crippen LogP contribution in [0.2, 0.25) is 5.02 Å². The number of primary amides is 1. The van der Waals surface area contributed by atoms with Crippen molar-refractivity contribution in [2.75, 3.05) is 22.5 Å². The van der Waals surface area contributed by atoms with E-state index in [1.54, 1.807) is 42.7 Å². The predicted octanol–water partition coefficient (Wildman–Crippen LogP) is 15.4. The quantitative estimate of drug-likeness (QED) is 0.0838. The van der Waals surface area contributed by atoms with E-state index in [-0.39, 0.29) is 29.2 Å². The number of hydrogen-bond acceptors (Lipinski definition) is 6. The number of nitrogens with zero attached hydrogens (tertiary/aromatic N) is 3. The van der Waals surface area contributed by atoms with Gasteiger partial charge >= 0.3 is 24.3 Å². The maximum absolute atomic E-state index is 13.1. The highest BCUT2D eigenvalue weighted by molar-refractivity contribution is 6.31. The lowest BCUT2D eigenvalue weighted by Gasteiger charge is -2.23. The van der Waals surface area contributed by atoms with Crippen LogP contribution in [0.15, 0.2) is 164 Å². The van der Waals surface area contributed by atoms with Crippen LogP contribution in [0.25, 0.3) is 66.1 Å². The van der Waals surface area contributed by atoms with Crippen LogP contribution in [0, 0.1) is 12.8 Å². The summed E-state index contributed by atoms with van der Waals surface area (Å²) < 4.78 is 39.2. The van der Waals surface area contributed by atoms with Crippen LogP contribution in [0.5, 0.6) is 0 Å². The Morgan fingerprint density at radius 1 is 0.592 bits per heavy atom. The molecule has 12 nitrogen and oxygen atoms in total. The predicted molar refractivity (Wildman–Crippen MR) is 300 cm³/mol. The van der Waals surface area contributed by atoms with Crippen molar-refractivity contribution >= 4 is 79.5 Å². The van der Waals surface area contributed by atoms with E-state index in [9.17, 15) is 27.6 Å². The molecule has 1 saturated carbocycles. The summed E-state index contributed by atoms with van der Waals surface area (Å²) in [5.41, 5.74) is 14.4. The molecule has 3 aromatic heterocycles. The number of carbonyl (C=O) groups excluding carboxylic acids is 3. The summed E-state index contributed by atoms with van der Waals surface area (Å²) in [6.07, 6.45) is 6.13. The number of rotatable bonds is 9. The number of nitrogens with one attached hydrogen (secondary N) is 5. The lowest BCUT2D eigenvalue weighted by molar-refractivity contribution is -0.137. The molecule has 0 spiro atoms. The number of carbonyl (C=O) groups is 3. The van der Waals surface area contributed by atoms with Crippen LogP contribution in [0.1, 0.15) is 57.1 Å². The van der Waals surface area contributed by atoms with Crippen molar-refractivity contribution in [2.24, 2.45) is 11.7 Å². The fourth-order valence-corrected chi connectivity index (χ4v) is 9.23. The highest BCUT2D eigenvalue weighted by Gasteiger charge is 2.31. The zero-order chi connectivity index (χ0) is 53.8. The van der Waals surface area contributed by atoms with Gasteiger partial charge in [-0.15, -0.1) is 0 Å². The van der Waals surface area contributed by atoms with Crippen molar-refractivity contribution in [3.63, 3.8) is 0 Å². The summed E-state index contributed by atoms with van der Waals surface area (Å²) in [6.45, 7) is 6.79. The number of benzene rings is 6. The molecule has 7 N–H and O–H groups in total. The van der Waals surface area contributed by atoms with E-state index in [1.165, 1.54) is 37.1 Å². The number of urea groups is 3. The number of hydrogen-bond donors (Lipinski definition) is 6. The van der Waals surface area contributed by atoms with Gasteiger partial charge in [-0.05, 0) is 90.9 Å². The second kappa shape index (κ2) is 24.6. The molecular weight excluding hydrogens is 987 g/mol. The third kappa shape index (κ3) is 13.8. The van der Waals surface area contributed by atoms with E-state index in [1.807, 2.05) is 72.8 Å². The smallest absolute Gasteiger partial charge is 0.351 e. The first kappa shape index (κ1) is 53.7. The van der Waals surface area contributed by atoms with Gasteiger partial charge in [-0.1, -0.05) is 147 Å². The van der Waals surface area contributed by atoms with E-state index in [4.69, 9.17) is 17.3 Å². The second-order valence-corrected chi connectivity index (χ2v) is 19.2. The second-order valence-electron chi connectivity index (χ2n) is 18.8. The van der Waals surface area contributed by atoms with Crippen LogP contribution in [0.4, 0.5) is 44.6 Å². The molecule has 3 heterocycles. The molecule has 0 radical (unpaired) electrons. The third-order valence-electron chi connectivity index (χ3n) is 12.6. The molecular formula is C60H57ClF3N9O3. The molecule has 0 atom stereocenters. The molecule has 0 aliphatic heterocycles. The molecule has 0 bridgehead atoms. The Hall–Kier alpha value is -8.56. The summed E-state index contributed by atoms with van der Waals surface area (Å²) in [4.78, 5) is 49.2. The zero-order valence-electron chi connectivity index (χ0n) is 42.1. The van der Waals surface area contributed by atoms with Gasteiger partial charge < -0.3 is 32.3 Å². The Balaban J connectivity index is 0.000000151. The first-order valence-electron chi connectivity index (χ1n) is 24.9. The Labute approximate surface area is 443 Å². The van der Waals surface area contributed by atoms with Crippen molar-refractivity contribution in [1.29, 1.82) is 0 Å². The van der Waals surface area contributed by atoms with Crippen LogP contribution >= 0.6 is 11.6 Å². The summed E-state index contributed by atoms with van der Waals surface area (Å²) in [5.74, 6) is 0.382. The lowest BCUT2D eigenvalue weighted by atomic mass is 9.96. The van der Waals surface area contributed by atoms with Gasteiger partial charge in [0.15, 0.2) is 0 Å². The van der Waals surface area contributed by atoms with E-state index >= 15 is 0 Å². The molecule has 16 heteroatoms. The van der Waals surface area contributed by atoms with Gasteiger partial charge in [-0.2, -0.15) is 13.2 Å². The molecule has 1 aliphatic carbocycles. The van der Waals surface area contributed by atoms with Gasteiger partial charge in [0.1, 0.15) is 0 Å². The van der Waals surface area contributed by atoms with Gasteiger partial charge in [0, 0.05) is 50.5 Å². The fraction of sp³-hybridized carbons (Fsp3) is 0.200. The molecule has 9 aromatic rings. The summed E-state index contributed by atoms with van der Waals surface area (Å²) >= 11 is 6.19. The van der Waals surface area contributed by atoms with Gasteiger partial charge in [0.05, 0.1) is 57.8 Å². The SMILES string of the molecule is CC(C)CNC(=O)Nc1cnc2ccc(Cl)cc2c1-c1ccccc1.Cc1ccc2ncc(NC(=O)NC3CCCCC3)c(-c3ccccc3)c2c1.NC(=O)Nc1cnc2ccc(C(F)(F)F)cc2c1-c1ccccc1. The minimum atomic E-state index is -4.48. The number of amides is 6. The highest BCUT2D eigenvalue weighted by Crippen LogP contribution is 2.40. The highest BCUT2D eigenvalue weighted by atomic mass is 35.5. The van der Waals surface area contributed by atoms with Crippen molar-refractivity contribution in [1.82, 2.24) is 25.6 Å². The number of anilines is 3. The molecule has 0 unspecified atom stereocenters. The number of fused-ring (bicyclic) bond motifs is 3. The van der Waals surface area contributed by atoms with Crippen molar-refractivity contribution in [3.05, 3.63) is 180 Å². The number of aromatic nitrogens is 3. The van der Waals surface area contributed by atoms with Gasteiger partial charge in [-0.25, -0.2) is 14.4 Å². The largest absolute Gasteiger partial charge is 0.416 e. The Morgan fingerprint density at radius 2 is 1.04 bits per heavy atom. The number of aryl methyl sites for hydroxylation is 1. The van der Waals surface area contributed by atoms with Crippen molar-refractivity contribution < 1.29 is 27.6 Å². The number of pyridine rings is 3. The minimum Gasteiger partial charge on any atom is -0.351 e. The van der Waals surface area contributed by atoms with Crippen molar-refractivity contribution in [3.8, 4) is 33.4 Å². The monoisotopic (exact) mass is 1040 g/mol. The zero-order valence-corrected chi connectivity index (χ0v) is 42.9. The summed E-state index contributed by atoms with van der Waals surface area (Å²) in [5, 5.41) is 17.3. The Bertz CT molecular complexity index is 3490. The van der Waals surface area contributed by atoms with Crippen molar-refractivity contribution in [2.45, 2.75) is 65.1 Å². The Kier molecular flexibility index (Phi) is 17.4. The van der Waals surface area contributed by atoms with Crippen LogP contribution < -0.4 is 32.3 Å². The molecule has 6 aromatic carbocycles. The van der Waals surface area contributed by atoms with Crippen LogP contribution in [0.3, 0.4) is 0 Å². The average Bonchev–Trinajstić information content (AvgIpc) is 3.42. The van der Waals surface area contributed by atoms with E-state index in [2.05, 4.69) is 86.6 Å². The van der Waals surface area contributed by atoms with E-state index < -0.39 is 17.8 Å². The standard InChI is InChI=1S/C23H25N3O.C20H20ClN3O.C17H12F3N3O/c1-16-12-13-20-19(14-16)22(17-8-4-2-5-9-17)21(15-24-20)26-23(27)25-18-10-6-3-7-11-18;1-13(2)11-23-20(25)24-18-12-22-17-9-8-15(21)10-16(17)19(18)14-6-4-3-5-7-14;18-17(19,20)11-6-7-13-12(8-11)15(10-4-2-1-3-5-10)14(9-22-13)23-16(21)24/h2,4-5,8-9,12-15,18H,3,6-7,10-11H2,1H3,(H2,25,26,27);3-10,12-13H,11H2,1-2H3,(H2,23,24,25);1-9H,(H3,21,23,24). The molecule has 76 heavy (non-hydrogen) atoms. The minimum absolute atomic E-state index is 0.145. The molecule has 1 aliphatic rings. The molecule has 0 saturated heterocycles. The fourth-order valence-electron chi connectivity index (χ4n) is 9.06. The van der Waals surface area contributed by atoms with Crippen LogP contribution in [-0.2, 0) is 6.18 Å². The first-order valence-corrected chi connectivity index (χ1v) is 25.3. The Morgan fingerprint density at radius 3 is 1.53 bits per heavy atom. The molecule has 388 valence electrons. The molecule has 1 fully saturated rings. The number of alkyl halides is 3. The molecule has 10 rings (SSSR count). The number of halogens is 4. The third-order valence-corrected chi connectivity index (χ3v) is 12.8. The maximum atomic E-state index is 13.1. The first-order chi connectivity index (χ1) is 36.6. The normalized spacial score (nSPS) is 12.5.